The van der Waals surface area contributed by atoms with Gasteiger partial charge in [-0.3, -0.25) is 4.90 Å². The quantitative estimate of drug-likeness (QED) is 0.863. The summed E-state index contributed by atoms with van der Waals surface area (Å²) < 4.78 is 0. The molecule has 0 saturated carbocycles. The fourth-order valence-electron chi connectivity index (χ4n) is 2.10. The Morgan fingerprint density at radius 3 is 2.86 bits per heavy atom. The number of aliphatic hydroxyl groups is 1. The Morgan fingerprint density at radius 2 is 2.14 bits per heavy atom. The van der Waals surface area contributed by atoms with Gasteiger partial charge in [0, 0.05) is 33.4 Å². The number of thiophene rings is 1. The van der Waals surface area contributed by atoms with E-state index in [1.54, 1.807) is 11.3 Å². The fraction of sp³-hybridized carbons (Fsp3) is 0.294. The van der Waals surface area contributed by atoms with Gasteiger partial charge in [0.1, 0.15) is 6.61 Å². The molecule has 0 aliphatic carbocycles. The molecule has 21 heavy (non-hydrogen) atoms. The van der Waals surface area contributed by atoms with Crippen molar-refractivity contribution in [3.05, 3.63) is 56.7 Å². The molecule has 2 rings (SSSR count). The lowest BCUT2D eigenvalue weighted by atomic mass is 10.1. The van der Waals surface area contributed by atoms with Crippen LogP contribution >= 0.6 is 22.9 Å². The van der Waals surface area contributed by atoms with Gasteiger partial charge in [0.15, 0.2) is 0 Å². The average Bonchev–Trinajstić information content (AvgIpc) is 2.92. The summed E-state index contributed by atoms with van der Waals surface area (Å²) in [5, 5.41) is 11.5. The molecule has 1 aromatic heterocycles. The Morgan fingerprint density at radius 1 is 1.38 bits per heavy atom. The Hall–Kier alpha value is -1.31. The van der Waals surface area contributed by atoms with Crippen LogP contribution in [0.3, 0.4) is 0 Å². The van der Waals surface area contributed by atoms with Crippen LogP contribution in [0.5, 0.6) is 0 Å². The van der Waals surface area contributed by atoms with E-state index in [4.69, 9.17) is 16.7 Å². The molecule has 1 N–H and O–H groups in total. The number of halogens is 1. The van der Waals surface area contributed by atoms with Crippen LogP contribution < -0.4 is 0 Å². The SMILES string of the molecule is CC(c1ccccc1Cl)N(C)Cc1cc(C#CCO)cs1. The van der Waals surface area contributed by atoms with E-state index in [0.29, 0.717) is 0 Å². The highest BCUT2D eigenvalue weighted by atomic mass is 35.5. The molecule has 0 aliphatic heterocycles. The van der Waals surface area contributed by atoms with Gasteiger partial charge in [0.25, 0.3) is 0 Å². The van der Waals surface area contributed by atoms with Crippen LogP contribution in [0, 0.1) is 11.8 Å². The van der Waals surface area contributed by atoms with Gasteiger partial charge in [-0.25, -0.2) is 0 Å². The third kappa shape index (κ3) is 4.33. The first-order chi connectivity index (χ1) is 10.1. The monoisotopic (exact) mass is 319 g/mol. The van der Waals surface area contributed by atoms with E-state index in [0.717, 1.165) is 22.7 Å². The van der Waals surface area contributed by atoms with E-state index >= 15 is 0 Å². The standard InChI is InChI=1S/C17H18ClNOS/c1-13(16-7-3-4-8-17(16)18)19(2)11-15-10-14(12-21-15)6-5-9-20/h3-4,7-8,10,12-13,20H,9,11H2,1-2H3. The van der Waals surface area contributed by atoms with Gasteiger partial charge in [-0.05, 0) is 31.7 Å². The summed E-state index contributed by atoms with van der Waals surface area (Å²) in [6.07, 6.45) is 0. The van der Waals surface area contributed by atoms with E-state index in [1.807, 2.05) is 23.6 Å². The first-order valence-electron chi connectivity index (χ1n) is 6.73. The van der Waals surface area contributed by atoms with Crippen molar-refractivity contribution in [2.75, 3.05) is 13.7 Å². The molecule has 0 amide bonds. The van der Waals surface area contributed by atoms with E-state index < -0.39 is 0 Å². The molecular formula is C17H18ClNOS. The highest BCUT2D eigenvalue weighted by Gasteiger charge is 2.15. The largest absolute Gasteiger partial charge is 0.384 e. The second kappa shape index (κ2) is 7.63. The van der Waals surface area contributed by atoms with Crippen molar-refractivity contribution in [1.82, 2.24) is 4.90 Å². The molecule has 1 aromatic carbocycles. The van der Waals surface area contributed by atoms with Gasteiger partial charge in [-0.2, -0.15) is 0 Å². The zero-order valence-corrected chi connectivity index (χ0v) is 13.7. The van der Waals surface area contributed by atoms with E-state index in [2.05, 4.69) is 42.8 Å². The molecule has 0 fully saturated rings. The van der Waals surface area contributed by atoms with Crippen LogP contribution in [-0.2, 0) is 6.54 Å². The molecule has 0 saturated heterocycles. The van der Waals surface area contributed by atoms with Crippen molar-refractivity contribution < 1.29 is 5.11 Å². The van der Waals surface area contributed by atoms with Gasteiger partial charge in [-0.15, -0.1) is 11.3 Å². The number of nitrogens with zero attached hydrogens (tertiary/aromatic N) is 1. The lowest BCUT2D eigenvalue weighted by Crippen LogP contribution is -2.21. The maximum absolute atomic E-state index is 8.71. The minimum Gasteiger partial charge on any atom is -0.384 e. The summed E-state index contributed by atoms with van der Waals surface area (Å²) in [6.45, 7) is 2.90. The van der Waals surface area contributed by atoms with Crippen molar-refractivity contribution in [3.63, 3.8) is 0 Å². The first-order valence-corrected chi connectivity index (χ1v) is 7.99. The zero-order chi connectivity index (χ0) is 15.2. The molecule has 0 aliphatic rings. The average molecular weight is 320 g/mol. The molecule has 1 heterocycles. The van der Waals surface area contributed by atoms with Crippen molar-refractivity contribution in [3.8, 4) is 11.8 Å². The second-order valence-corrected chi connectivity index (χ2v) is 6.28. The van der Waals surface area contributed by atoms with E-state index in [-0.39, 0.29) is 12.6 Å². The predicted octanol–water partition coefficient (Wildman–Crippen LogP) is 3.94. The summed E-state index contributed by atoms with van der Waals surface area (Å²) in [7, 11) is 2.09. The first kappa shape index (κ1) is 16.1. The molecule has 110 valence electrons. The third-order valence-electron chi connectivity index (χ3n) is 3.39. The van der Waals surface area contributed by atoms with Crippen molar-refractivity contribution in [2.24, 2.45) is 0 Å². The molecule has 1 atom stereocenters. The number of aliphatic hydroxyl groups excluding tert-OH is 1. The molecule has 0 bridgehead atoms. The third-order valence-corrected chi connectivity index (χ3v) is 4.65. The number of hydrogen-bond acceptors (Lipinski definition) is 3. The normalized spacial score (nSPS) is 12.0. The van der Waals surface area contributed by atoms with Gasteiger partial charge >= 0.3 is 0 Å². The van der Waals surface area contributed by atoms with Crippen molar-refractivity contribution in [1.29, 1.82) is 0 Å². The van der Waals surface area contributed by atoms with Crippen LogP contribution in [0.15, 0.2) is 35.7 Å². The lowest BCUT2D eigenvalue weighted by Gasteiger charge is -2.25. The van der Waals surface area contributed by atoms with Gasteiger partial charge in [-0.1, -0.05) is 41.6 Å². The Balaban J connectivity index is 2.05. The van der Waals surface area contributed by atoms with E-state index in [9.17, 15) is 0 Å². The molecule has 4 heteroatoms. The summed E-state index contributed by atoms with van der Waals surface area (Å²) in [4.78, 5) is 3.51. The maximum Gasteiger partial charge on any atom is 0.104 e. The maximum atomic E-state index is 8.71. The Labute approximate surface area is 135 Å². The van der Waals surface area contributed by atoms with E-state index in [1.165, 1.54) is 4.88 Å². The second-order valence-electron chi connectivity index (χ2n) is 4.87. The highest BCUT2D eigenvalue weighted by molar-refractivity contribution is 7.10. The molecular weight excluding hydrogens is 302 g/mol. The fourth-order valence-corrected chi connectivity index (χ4v) is 3.28. The molecule has 2 nitrogen and oxygen atoms in total. The van der Waals surface area contributed by atoms with Crippen LogP contribution in [0.1, 0.15) is 29.0 Å². The number of hydrogen-bond donors (Lipinski definition) is 1. The predicted molar refractivity (Wildman–Crippen MR) is 89.6 cm³/mol. The van der Waals surface area contributed by atoms with Crippen molar-refractivity contribution >= 4 is 22.9 Å². The minimum absolute atomic E-state index is 0.103. The number of benzene rings is 1. The summed E-state index contributed by atoms with van der Waals surface area (Å²) in [5.41, 5.74) is 2.10. The number of rotatable bonds is 4. The highest BCUT2D eigenvalue weighted by Crippen LogP contribution is 2.28. The van der Waals surface area contributed by atoms with Crippen LogP contribution in [0.25, 0.3) is 0 Å². The summed E-state index contributed by atoms with van der Waals surface area (Å²) in [6, 6.07) is 10.3. The van der Waals surface area contributed by atoms with Crippen LogP contribution in [0.4, 0.5) is 0 Å². The van der Waals surface area contributed by atoms with Crippen molar-refractivity contribution in [2.45, 2.75) is 19.5 Å². The lowest BCUT2D eigenvalue weighted by molar-refractivity contribution is 0.255. The Kier molecular flexibility index (Phi) is 5.84. The van der Waals surface area contributed by atoms with Crippen LogP contribution in [0.2, 0.25) is 5.02 Å². The summed E-state index contributed by atoms with van der Waals surface area (Å²) >= 11 is 7.95. The Bertz CT molecular complexity index is 656. The molecule has 2 aromatic rings. The molecule has 0 spiro atoms. The van der Waals surface area contributed by atoms with Crippen LogP contribution in [-0.4, -0.2) is 23.7 Å². The smallest absolute Gasteiger partial charge is 0.104 e. The molecule has 1 unspecified atom stereocenters. The van der Waals surface area contributed by atoms with Gasteiger partial charge in [0.2, 0.25) is 0 Å². The minimum atomic E-state index is -0.103. The van der Waals surface area contributed by atoms with Gasteiger partial charge < -0.3 is 5.11 Å². The summed E-state index contributed by atoms with van der Waals surface area (Å²) in [5.74, 6) is 5.60. The zero-order valence-electron chi connectivity index (χ0n) is 12.1. The topological polar surface area (TPSA) is 23.5 Å². The van der Waals surface area contributed by atoms with Gasteiger partial charge in [0.05, 0.1) is 0 Å². The molecule has 0 radical (unpaired) electrons.